The summed E-state index contributed by atoms with van der Waals surface area (Å²) in [5, 5.41) is 0. The van der Waals surface area contributed by atoms with E-state index in [2.05, 4.69) is 4.74 Å². The number of esters is 1. The standard InChI is InChI=1S/C10H7F3O2.Li.H/c11-10(12,13)15-9(14)7-6-8-4-2-1-3-5-8;;/h1-7H;;/q;+1;-1/b7-6+;;. The molecular formula is C10H8F3LiO2. The zero-order valence-electron chi connectivity index (χ0n) is 9.49. The second kappa shape index (κ2) is 6.41. The Labute approximate surface area is 104 Å². The summed E-state index contributed by atoms with van der Waals surface area (Å²) >= 11 is 0. The maximum Gasteiger partial charge on any atom is 1.00 e. The average molecular weight is 224 g/mol. The second-order valence-corrected chi connectivity index (χ2v) is 2.61. The van der Waals surface area contributed by atoms with Gasteiger partial charge < -0.3 is 6.16 Å². The van der Waals surface area contributed by atoms with Crippen LogP contribution in [0.1, 0.15) is 6.99 Å². The Morgan fingerprint density at radius 1 is 1.25 bits per heavy atom. The quantitative estimate of drug-likeness (QED) is 0.397. The summed E-state index contributed by atoms with van der Waals surface area (Å²) in [7, 11) is 0. The van der Waals surface area contributed by atoms with Gasteiger partial charge in [-0.15, -0.1) is 13.2 Å². The van der Waals surface area contributed by atoms with Gasteiger partial charge >= 0.3 is 31.2 Å². The first kappa shape index (κ1) is 14.8. The molecule has 0 aliphatic carbocycles. The van der Waals surface area contributed by atoms with Crippen LogP contribution in [0.25, 0.3) is 6.08 Å². The molecule has 0 amide bonds. The fraction of sp³-hybridized carbons (Fsp3) is 0.100. The average Bonchev–Trinajstić information content (AvgIpc) is 2.14. The van der Waals surface area contributed by atoms with Crippen LogP contribution in [0.3, 0.4) is 0 Å². The summed E-state index contributed by atoms with van der Waals surface area (Å²) in [5.41, 5.74) is 0.622. The van der Waals surface area contributed by atoms with Crippen molar-refractivity contribution in [3.05, 3.63) is 42.0 Å². The number of alkyl halides is 3. The molecule has 82 valence electrons. The number of ether oxygens (including phenoxy) is 1. The van der Waals surface area contributed by atoms with E-state index < -0.39 is 12.3 Å². The molecule has 1 aromatic rings. The molecule has 0 aromatic heterocycles. The summed E-state index contributed by atoms with van der Waals surface area (Å²) in [6.45, 7) is 0. The summed E-state index contributed by atoms with van der Waals surface area (Å²) in [5.74, 6) is -1.44. The molecule has 2 nitrogen and oxygen atoms in total. The van der Waals surface area contributed by atoms with E-state index in [4.69, 9.17) is 0 Å². The van der Waals surface area contributed by atoms with Crippen molar-refractivity contribution in [2.45, 2.75) is 6.36 Å². The predicted octanol–water partition coefficient (Wildman–Crippen LogP) is -0.121. The van der Waals surface area contributed by atoms with Gasteiger partial charge in [-0.05, 0) is 11.6 Å². The number of halogens is 3. The number of hydrogen-bond acceptors (Lipinski definition) is 2. The minimum Gasteiger partial charge on any atom is -1.00 e. The van der Waals surface area contributed by atoms with Crippen molar-refractivity contribution < 1.29 is 43.0 Å². The Bertz CT molecular complexity index is 366. The van der Waals surface area contributed by atoms with Crippen molar-refractivity contribution in [3.8, 4) is 0 Å². The van der Waals surface area contributed by atoms with Gasteiger partial charge in [0.2, 0.25) is 0 Å². The van der Waals surface area contributed by atoms with Crippen LogP contribution in [-0.2, 0) is 9.53 Å². The van der Waals surface area contributed by atoms with Crippen molar-refractivity contribution in [1.29, 1.82) is 0 Å². The van der Waals surface area contributed by atoms with Crippen molar-refractivity contribution in [3.63, 3.8) is 0 Å². The number of carbonyl (C=O) groups excluding carboxylic acids is 1. The van der Waals surface area contributed by atoms with Gasteiger partial charge in [-0.3, -0.25) is 0 Å². The molecule has 0 aliphatic heterocycles. The predicted molar refractivity (Wildman–Crippen MR) is 48.7 cm³/mol. The van der Waals surface area contributed by atoms with Crippen molar-refractivity contribution >= 4 is 12.0 Å². The first-order valence-electron chi connectivity index (χ1n) is 4.00. The Hall–Kier alpha value is -1.18. The molecule has 1 aromatic carbocycles. The molecule has 0 aliphatic rings. The smallest absolute Gasteiger partial charge is 1.00 e. The minimum absolute atomic E-state index is 0. The van der Waals surface area contributed by atoms with Gasteiger partial charge in [-0.1, -0.05) is 30.3 Å². The van der Waals surface area contributed by atoms with Gasteiger partial charge in [-0.25, -0.2) is 4.79 Å². The minimum atomic E-state index is -4.93. The van der Waals surface area contributed by atoms with Gasteiger partial charge in [0.15, 0.2) is 0 Å². The van der Waals surface area contributed by atoms with Gasteiger partial charge in [0.25, 0.3) is 0 Å². The molecule has 16 heavy (non-hydrogen) atoms. The van der Waals surface area contributed by atoms with Gasteiger partial charge in [-0.2, -0.15) is 0 Å². The normalized spacial score (nSPS) is 10.9. The monoisotopic (exact) mass is 224 g/mol. The third-order valence-electron chi connectivity index (χ3n) is 1.43. The van der Waals surface area contributed by atoms with Gasteiger partial charge in [0, 0.05) is 6.08 Å². The van der Waals surface area contributed by atoms with E-state index >= 15 is 0 Å². The van der Waals surface area contributed by atoms with E-state index in [1.54, 1.807) is 30.3 Å². The molecule has 0 fully saturated rings. The van der Waals surface area contributed by atoms with Crippen LogP contribution in [-0.4, -0.2) is 12.3 Å². The molecular weight excluding hydrogens is 216 g/mol. The fourth-order valence-electron chi connectivity index (χ4n) is 0.876. The Balaban J connectivity index is 0. The van der Waals surface area contributed by atoms with Gasteiger partial charge in [0.05, 0.1) is 0 Å². The molecule has 0 unspecified atom stereocenters. The van der Waals surface area contributed by atoms with E-state index in [1.807, 2.05) is 0 Å². The first-order valence-corrected chi connectivity index (χ1v) is 4.00. The first-order chi connectivity index (χ1) is 6.97. The molecule has 6 heteroatoms. The number of benzene rings is 1. The van der Waals surface area contributed by atoms with Crippen LogP contribution in [0.4, 0.5) is 13.2 Å². The van der Waals surface area contributed by atoms with Crippen molar-refractivity contribution in [1.82, 2.24) is 0 Å². The van der Waals surface area contributed by atoms with Gasteiger partial charge in [0.1, 0.15) is 0 Å². The number of carbonyl (C=O) groups is 1. The molecule has 1 rings (SSSR count). The summed E-state index contributed by atoms with van der Waals surface area (Å²) < 4.78 is 37.8. The van der Waals surface area contributed by atoms with Crippen LogP contribution in [0, 0.1) is 0 Å². The largest absolute Gasteiger partial charge is 1.00 e. The van der Waals surface area contributed by atoms with E-state index in [0.29, 0.717) is 5.56 Å². The van der Waals surface area contributed by atoms with E-state index in [0.717, 1.165) is 6.08 Å². The summed E-state index contributed by atoms with van der Waals surface area (Å²) in [6.07, 6.45) is -2.96. The second-order valence-electron chi connectivity index (χ2n) is 2.61. The summed E-state index contributed by atoms with van der Waals surface area (Å²) in [4.78, 5) is 10.6. The zero-order chi connectivity index (χ0) is 11.3. The molecule has 0 saturated heterocycles. The molecule has 0 N–H and O–H groups in total. The SMILES string of the molecule is O=C(/C=C/c1ccccc1)OC(F)(F)F.[H-].[Li+]. The zero-order valence-corrected chi connectivity index (χ0v) is 8.49. The van der Waals surface area contributed by atoms with E-state index in [9.17, 15) is 18.0 Å². The molecule has 0 heterocycles. The number of rotatable bonds is 2. The van der Waals surface area contributed by atoms with Crippen LogP contribution >= 0.6 is 0 Å². The fourth-order valence-corrected chi connectivity index (χ4v) is 0.876. The maximum absolute atomic E-state index is 11.6. The Kier molecular flexibility index (Phi) is 5.94. The molecule has 0 spiro atoms. The van der Waals surface area contributed by atoms with Crippen molar-refractivity contribution in [2.24, 2.45) is 0 Å². The molecule has 0 radical (unpaired) electrons. The summed E-state index contributed by atoms with van der Waals surface area (Å²) in [6, 6.07) is 8.46. The molecule has 0 saturated carbocycles. The third-order valence-corrected chi connectivity index (χ3v) is 1.43. The van der Waals surface area contributed by atoms with E-state index in [1.165, 1.54) is 6.08 Å². The van der Waals surface area contributed by atoms with Crippen molar-refractivity contribution in [2.75, 3.05) is 0 Å². The molecule has 0 atom stereocenters. The number of hydrogen-bond donors (Lipinski definition) is 0. The Morgan fingerprint density at radius 3 is 2.31 bits per heavy atom. The topological polar surface area (TPSA) is 26.3 Å². The van der Waals surface area contributed by atoms with Crippen LogP contribution in [0.5, 0.6) is 0 Å². The molecule has 0 bridgehead atoms. The van der Waals surface area contributed by atoms with Crippen LogP contribution in [0.2, 0.25) is 0 Å². The van der Waals surface area contributed by atoms with E-state index in [-0.39, 0.29) is 20.3 Å². The Morgan fingerprint density at radius 2 is 1.81 bits per heavy atom. The van der Waals surface area contributed by atoms with Crippen LogP contribution < -0.4 is 18.9 Å². The maximum atomic E-state index is 11.6. The third kappa shape index (κ3) is 6.33. The van der Waals surface area contributed by atoms with Crippen LogP contribution in [0.15, 0.2) is 36.4 Å².